The van der Waals surface area contributed by atoms with Crippen molar-refractivity contribution in [3.05, 3.63) is 29.8 Å². The van der Waals surface area contributed by atoms with E-state index in [0.29, 0.717) is 13.2 Å². The van der Waals surface area contributed by atoms with Gasteiger partial charge in [0, 0.05) is 19.2 Å². The Morgan fingerprint density at radius 1 is 1.29 bits per heavy atom. The summed E-state index contributed by atoms with van der Waals surface area (Å²) in [5, 5.41) is 3.10. The van der Waals surface area contributed by atoms with Crippen molar-refractivity contribution in [2.75, 3.05) is 26.8 Å². The number of hydrogen-bond donors (Lipinski definition) is 2. The molecule has 0 bridgehead atoms. The Bertz CT molecular complexity index is 517. The van der Waals surface area contributed by atoms with Gasteiger partial charge >= 0.3 is 0 Å². The lowest BCUT2D eigenvalue weighted by Gasteiger charge is -2.13. The normalized spacial score (nSPS) is 13.3. The lowest BCUT2D eigenvalue weighted by Crippen LogP contribution is -2.27. The van der Waals surface area contributed by atoms with E-state index in [0.717, 1.165) is 18.4 Å². The fourth-order valence-electron chi connectivity index (χ4n) is 1.80. The summed E-state index contributed by atoms with van der Waals surface area (Å²) < 4.78 is 32.3. The number of rotatable bonds is 10. The predicted octanol–water partition coefficient (Wildman–Crippen LogP) is 2.06. The highest BCUT2D eigenvalue weighted by atomic mass is 32.2. The molecule has 0 radical (unpaired) electrons. The van der Waals surface area contributed by atoms with Crippen molar-refractivity contribution in [1.29, 1.82) is 0 Å². The molecular formula is C15H26N2O3S. The topological polar surface area (TPSA) is 67.4 Å². The molecule has 0 heterocycles. The Morgan fingerprint density at radius 3 is 2.71 bits per heavy atom. The molecule has 0 fully saturated rings. The van der Waals surface area contributed by atoms with Crippen molar-refractivity contribution in [2.45, 2.75) is 37.6 Å². The molecular weight excluding hydrogens is 288 g/mol. The Morgan fingerprint density at radius 2 is 2.05 bits per heavy atom. The van der Waals surface area contributed by atoms with Crippen LogP contribution in [0.4, 0.5) is 0 Å². The highest BCUT2D eigenvalue weighted by Gasteiger charge is 2.14. The first kappa shape index (κ1) is 18.1. The number of benzene rings is 1. The Labute approximate surface area is 128 Å². The minimum absolute atomic E-state index is 0.109. The van der Waals surface area contributed by atoms with Crippen molar-refractivity contribution >= 4 is 10.0 Å². The van der Waals surface area contributed by atoms with Gasteiger partial charge in [0.2, 0.25) is 10.0 Å². The summed E-state index contributed by atoms with van der Waals surface area (Å²) >= 11 is 0. The zero-order valence-corrected chi connectivity index (χ0v) is 13.9. The van der Waals surface area contributed by atoms with E-state index < -0.39 is 10.0 Å². The Kier molecular flexibility index (Phi) is 7.88. The van der Waals surface area contributed by atoms with Crippen LogP contribution in [0.1, 0.15) is 38.3 Å². The first-order valence-electron chi connectivity index (χ1n) is 7.36. The molecule has 2 N–H and O–H groups in total. The predicted molar refractivity (Wildman–Crippen MR) is 84.8 cm³/mol. The summed E-state index contributed by atoms with van der Waals surface area (Å²) in [6.45, 7) is 5.43. The fraction of sp³-hybridized carbons (Fsp3) is 0.600. The molecule has 1 atom stereocenters. The number of unbranched alkanes of at least 4 members (excludes halogenated alkanes) is 1. The second-order valence-electron chi connectivity index (χ2n) is 4.95. The smallest absolute Gasteiger partial charge is 0.240 e. The number of sulfonamides is 1. The van der Waals surface area contributed by atoms with E-state index in [1.165, 1.54) is 0 Å². The number of nitrogens with one attached hydrogen (secondary N) is 2. The summed E-state index contributed by atoms with van der Waals surface area (Å²) in [5.74, 6) is 0. The van der Waals surface area contributed by atoms with Gasteiger partial charge in [0.15, 0.2) is 0 Å². The molecule has 0 saturated carbocycles. The molecule has 1 unspecified atom stereocenters. The monoisotopic (exact) mass is 314 g/mol. The van der Waals surface area contributed by atoms with Gasteiger partial charge in [-0.1, -0.05) is 25.5 Å². The zero-order valence-electron chi connectivity index (χ0n) is 13.1. The van der Waals surface area contributed by atoms with Crippen LogP contribution in [0.2, 0.25) is 0 Å². The van der Waals surface area contributed by atoms with Crippen molar-refractivity contribution in [2.24, 2.45) is 0 Å². The third-order valence-corrected chi connectivity index (χ3v) is 4.74. The Balaban J connectivity index is 2.58. The van der Waals surface area contributed by atoms with E-state index in [1.54, 1.807) is 18.2 Å². The Hall–Kier alpha value is -0.950. The second kappa shape index (κ2) is 9.15. The second-order valence-corrected chi connectivity index (χ2v) is 6.71. The van der Waals surface area contributed by atoms with E-state index in [9.17, 15) is 8.42 Å². The average Bonchev–Trinajstić information content (AvgIpc) is 2.50. The molecule has 5 nitrogen and oxygen atoms in total. The highest BCUT2D eigenvalue weighted by Crippen LogP contribution is 2.16. The molecule has 1 aromatic rings. The van der Waals surface area contributed by atoms with Crippen molar-refractivity contribution in [3.63, 3.8) is 0 Å². The quantitative estimate of drug-likeness (QED) is 0.649. The molecule has 0 aromatic heterocycles. The van der Waals surface area contributed by atoms with Crippen molar-refractivity contribution < 1.29 is 13.2 Å². The van der Waals surface area contributed by atoms with Gasteiger partial charge in [-0.15, -0.1) is 0 Å². The molecule has 0 aliphatic heterocycles. The van der Waals surface area contributed by atoms with Gasteiger partial charge in [-0.3, -0.25) is 0 Å². The van der Waals surface area contributed by atoms with E-state index >= 15 is 0 Å². The van der Waals surface area contributed by atoms with Gasteiger partial charge in [-0.25, -0.2) is 13.1 Å². The first-order chi connectivity index (χ1) is 10.0. The van der Waals surface area contributed by atoms with Crippen LogP contribution in [0.25, 0.3) is 0 Å². The van der Waals surface area contributed by atoms with Gasteiger partial charge in [0.05, 0.1) is 11.5 Å². The molecule has 21 heavy (non-hydrogen) atoms. The molecule has 0 aliphatic carbocycles. The molecule has 0 saturated heterocycles. The van der Waals surface area contributed by atoms with E-state index in [1.807, 2.05) is 20.0 Å². The third kappa shape index (κ3) is 6.13. The average molecular weight is 314 g/mol. The van der Waals surface area contributed by atoms with Crippen LogP contribution in [0.3, 0.4) is 0 Å². The van der Waals surface area contributed by atoms with Crippen molar-refractivity contribution in [1.82, 2.24) is 10.0 Å². The largest absolute Gasteiger partial charge is 0.380 e. The van der Waals surface area contributed by atoms with Crippen LogP contribution in [-0.2, 0) is 14.8 Å². The standard InChI is InChI=1S/C15H26N2O3S/c1-4-5-10-20-11-9-17-21(18,19)15-8-6-7-14(12-15)13(2)16-3/h6-8,12-13,16-17H,4-5,9-11H2,1-3H3. The molecule has 1 aromatic carbocycles. The molecule has 1 rings (SSSR count). The van der Waals surface area contributed by atoms with Crippen LogP contribution in [0, 0.1) is 0 Å². The maximum absolute atomic E-state index is 12.2. The summed E-state index contributed by atoms with van der Waals surface area (Å²) in [6, 6.07) is 7.08. The summed E-state index contributed by atoms with van der Waals surface area (Å²) in [5.41, 5.74) is 0.944. The molecule has 0 amide bonds. The minimum atomic E-state index is -3.48. The summed E-state index contributed by atoms with van der Waals surface area (Å²) in [7, 11) is -1.63. The first-order valence-corrected chi connectivity index (χ1v) is 8.84. The molecule has 120 valence electrons. The molecule has 6 heteroatoms. The zero-order chi connectivity index (χ0) is 15.7. The van der Waals surface area contributed by atoms with Gasteiger partial charge in [-0.2, -0.15) is 0 Å². The lowest BCUT2D eigenvalue weighted by molar-refractivity contribution is 0.136. The fourth-order valence-corrected chi connectivity index (χ4v) is 2.87. The third-order valence-electron chi connectivity index (χ3n) is 3.28. The maximum atomic E-state index is 12.2. The van der Waals surface area contributed by atoms with Gasteiger partial charge in [0.25, 0.3) is 0 Å². The van der Waals surface area contributed by atoms with Crippen LogP contribution >= 0.6 is 0 Å². The van der Waals surface area contributed by atoms with E-state index in [2.05, 4.69) is 17.0 Å². The summed E-state index contributed by atoms with van der Waals surface area (Å²) in [6.07, 6.45) is 2.07. The van der Waals surface area contributed by atoms with Crippen LogP contribution in [0.15, 0.2) is 29.2 Å². The number of hydrogen-bond acceptors (Lipinski definition) is 4. The SMILES string of the molecule is CCCCOCCNS(=O)(=O)c1cccc(C(C)NC)c1. The lowest BCUT2D eigenvalue weighted by atomic mass is 10.1. The minimum Gasteiger partial charge on any atom is -0.380 e. The molecule has 0 aliphatic rings. The van der Waals surface area contributed by atoms with Gasteiger partial charge < -0.3 is 10.1 Å². The van der Waals surface area contributed by atoms with Crippen LogP contribution in [0.5, 0.6) is 0 Å². The van der Waals surface area contributed by atoms with E-state index in [4.69, 9.17) is 4.74 Å². The highest BCUT2D eigenvalue weighted by molar-refractivity contribution is 7.89. The van der Waals surface area contributed by atoms with Crippen LogP contribution in [-0.4, -0.2) is 35.2 Å². The maximum Gasteiger partial charge on any atom is 0.240 e. The van der Waals surface area contributed by atoms with E-state index in [-0.39, 0.29) is 17.5 Å². The van der Waals surface area contributed by atoms with Crippen molar-refractivity contribution in [3.8, 4) is 0 Å². The van der Waals surface area contributed by atoms with Gasteiger partial charge in [0.1, 0.15) is 0 Å². The van der Waals surface area contributed by atoms with Gasteiger partial charge in [-0.05, 0) is 38.1 Å². The van der Waals surface area contributed by atoms with Crippen LogP contribution < -0.4 is 10.0 Å². The number of ether oxygens (including phenoxy) is 1. The summed E-state index contributed by atoms with van der Waals surface area (Å²) in [4.78, 5) is 0.288. The molecule has 0 spiro atoms.